The molecule has 5 nitrogen and oxygen atoms in total. The van der Waals surface area contributed by atoms with Gasteiger partial charge in [0.15, 0.2) is 5.96 Å². The molecule has 1 atom stereocenters. The summed E-state index contributed by atoms with van der Waals surface area (Å²) in [6.07, 6.45) is 6.84. The van der Waals surface area contributed by atoms with Gasteiger partial charge >= 0.3 is 0 Å². The van der Waals surface area contributed by atoms with E-state index in [0.29, 0.717) is 5.92 Å². The highest BCUT2D eigenvalue weighted by Gasteiger charge is 2.16. The molecule has 0 aliphatic carbocycles. The Morgan fingerprint density at radius 1 is 1.24 bits per heavy atom. The van der Waals surface area contributed by atoms with Crippen LogP contribution in [0.2, 0.25) is 0 Å². The fraction of sp³-hybridized carbons (Fsp3) is 0.842. The third-order valence-electron chi connectivity index (χ3n) is 4.75. The fourth-order valence-electron chi connectivity index (χ4n) is 3.11. The predicted octanol–water partition coefficient (Wildman–Crippen LogP) is 2.74. The van der Waals surface area contributed by atoms with Crippen molar-refractivity contribution in [3.63, 3.8) is 0 Å². The van der Waals surface area contributed by atoms with Gasteiger partial charge in [0.2, 0.25) is 0 Å². The van der Waals surface area contributed by atoms with Gasteiger partial charge in [0.05, 0.1) is 0 Å². The van der Waals surface area contributed by atoms with Crippen molar-refractivity contribution in [3.8, 4) is 0 Å². The van der Waals surface area contributed by atoms with Gasteiger partial charge < -0.3 is 20.0 Å². The van der Waals surface area contributed by atoms with E-state index in [2.05, 4.69) is 52.6 Å². The van der Waals surface area contributed by atoms with Gasteiger partial charge in [0, 0.05) is 59.9 Å². The summed E-state index contributed by atoms with van der Waals surface area (Å²) in [6, 6.07) is 0. The van der Waals surface area contributed by atoms with E-state index in [9.17, 15) is 0 Å². The van der Waals surface area contributed by atoms with E-state index in [4.69, 9.17) is 0 Å². The molecule has 1 N–H and O–H groups in total. The topological polar surface area (TPSA) is 34.1 Å². The molecule has 148 valence electrons. The highest BCUT2D eigenvalue weighted by atomic mass is 127. The van der Waals surface area contributed by atoms with Gasteiger partial charge in [-0.05, 0) is 32.2 Å². The SMILES string of the molecule is C=CCCCCCN(C)C(=NC)NCC(C)CN1CCN(C)CC1.I. The molecule has 0 aromatic carbocycles. The Morgan fingerprint density at radius 2 is 1.92 bits per heavy atom. The molecule has 1 aliphatic rings. The maximum Gasteiger partial charge on any atom is 0.193 e. The van der Waals surface area contributed by atoms with E-state index in [-0.39, 0.29) is 24.0 Å². The van der Waals surface area contributed by atoms with Crippen molar-refractivity contribution in [2.45, 2.75) is 32.6 Å². The summed E-state index contributed by atoms with van der Waals surface area (Å²) < 4.78 is 0. The first-order valence-corrected chi connectivity index (χ1v) is 9.50. The minimum Gasteiger partial charge on any atom is -0.356 e. The van der Waals surface area contributed by atoms with Crippen LogP contribution in [0.4, 0.5) is 0 Å². The molecule has 1 fully saturated rings. The number of unbranched alkanes of at least 4 members (excludes halogenated alkanes) is 3. The third-order valence-corrected chi connectivity index (χ3v) is 4.75. The normalized spacial score (nSPS) is 17.7. The summed E-state index contributed by atoms with van der Waals surface area (Å²) in [6.45, 7) is 14.1. The second-order valence-electron chi connectivity index (χ2n) is 7.20. The molecule has 1 saturated heterocycles. The number of likely N-dealkylation sites (N-methyl/N-ethyl adjacent to an activating group) is 1. The number of halogens is 1. The average Bonchev–Trinajstić information content (AvgIpc) is 2.57. The first kappa shape index (κ1) is 24.7. The van der Waals surface area contributed by atoms with Crippen LogP contribution in [-0.2, 0) is 0 Å². The van der Waals surface area contributed by atoms with E-state index in [1.807, 2.05) is 13.1 Å². The van der Waals surface area contributed by atoms with Crippen molar-refractivity contribution in [1.82, 2.24) is 20.0 Å². The lowest BCUT2D eigenvalue weighted by molar-refractivity contribution is 0.139. The van der Waals surface area contributed by atoms with Crippen LogP contribution in [0, 0.1) is 5.92 Å². The number of hydrogen-bond acceptors (Lipinski definition) is 3. The van der Waals surface area contributed by atoms with Crippen LogP contribution in [0.25, 0.3) is 0 Å². The molecule has 0 aromatic heterocycles. The van der Waals surface area contributed by atoms with Crippen LogP contribution < -0.4 is 5.32 Å². The average molecular weight is 465 g/mol. The van der Waals surface area contributed by atoms with Crippen molar-refractivity contribution in [1.29, 1.82) is 0 Å². The molecule has 25 heavy (non-hydrogen) atoms. The molecular weight excluding hydrogens is 425 g/mol. The molecule has 0 radical (unpaired) electrons. The first-order chi connectivity index (χ1) is 11.6. The van der Waals surface area contributed by atoms with Crippen LogP contribution in [0.5, 0.6) is 0 Å². The summed E-state index contributed by atoms with van der Waals surface area (Å²) in [5.74, 6) is 1.65. The quantitative estimate of drug-likeness (QED) is 0.177. The largest absolute Gasteiger partial charge is 0.356 e. The van der Waals surface area contributed by atoms with Gasteiger partial charge in [-0.25, -0.2) is 0 Å². The van der Waals surface area contributed by atoms with E-state index in [0.717, 1.165) is 25.5 Å². The van der Waals surface area contributed by atoms with E-state index in [1.54, 1.807) is 0 Å². The van der Waals surface area contributed by atoms with E-state index < -0.39 is 0 Å². The molecule has 1 unspecified atom stereocenters. The predicted molar refractivity (Wildman–Crippen MR) is 121 cm³/mol. The van der Waals surface area contributed by atoms with Crippen molar-refractivity contribution < 1.29 is 0 Å². The number of piperazine rings is 1. The zero-order valence-electron chi connectivity index (χ0n) is 16.8. The minimum atomic E-state index is 0. The van der Waals surface area contributed by atoms with Gasteiger partial charge in [0.1, 0.15) is 0 Å². The summed E-state index contributed by atoms with van der Waals surface area (Å²) in [4.78, 5) is 11.7. The van der Waals surface area contributed by atoms with Crippen molar-refractivity contribution in [2.75, 3.05) is 67.0 Å². The summed E-state index contributed by atoms with van der Waals surface area (Å²) in [7, 11) is 6.22. The van der Waals surface area contributed by atoms with Gasteiger partial charge in [-0.3, -0.25) is 4.99 Å². The van der Waals surface area contributed by atoms with Gasteiger partial charge in [0.25, 0.3) is 0 Å². The van der Waals surface area contributed by atoms with Crippen molar-refractivity contribution >= 4 is 29.9 Å². The number of rotatable bonds is 10. The summed E-state index contributed by atoms with van der Waals surface area (Å²) in [5.41, 5.74) is 0. The Kier molecular flexibility index (Phi) is 14.6. The number of hydrogen-bond donors (Lipinski definition) is 1. The Bertz CT molecular complexity index is 367. The molecule has 6 heteroatoms. The molecule has 1 aliphatic heterocycles. The molecule has 1 heterocycles. The van der Waals surface area contributed by atoms with Crippen LogP contribution in [-0.4, -0.2) is 87.6 Å². The van der Waals surface area contributed by atoms with Gasteiger partial charge in [-0.15, -0.1) is 30.6 Å². The molecule has 0 aromatic rings. The Hall–Kier alpha value is -0.340. The summed E-state index contributed by atoms with van der Waals surface area (Å²) in [5, 5.41) is 3.54. The Morgan fingerprint density at radius 3 is 2.52 bits per heavy atom. The maximum absolute atomic E-state index is 4.43. The monoisotopic (exact) mass is 465 g/mol. The molecule has 0 amide bonds. The van der Waals surface area contributed by atoms with Crippen LogP contribution in [0.1, 0.15) is 32.6 Å². The second kappa shape index (κ2) is 14.8. The molecule has 0 spiro atoms. The lowest BCUT2D eigenvalue weighted by Gasteiger charge is -2.34. The van der Waals surface area contributed by atoms with Crippen LogP contribution in [0.15, 0.2) is 17.6 Å². The minimum absolute atomic E-state index is 0. The highest BCUT2D eigenvalue weighted by Crippen LogP contribution is 2.05. The Balaban J connectivity index is 0.00000576. The molecule has 0 saturated carbocycles. The molecular formula is C19H40IN5. The molecule has 1 rings (SSSR count). The Labute approximate surface area is 172 Å². The first-order valence-electron chi connectivity index (χ1n) is 9.50. The number of guanidine groups is 1. The maximum atomic E-state index is 4.43. The number of nitrogens with zero attached hydrogens (tertiary/aromatic N) is 4. The van der Waals surface area contributed by atoms with E-state index in [1.165, 1.54) is 52.0 Å². The number of nitrogens with one attached hydrogen (secondary N) is 1. The smallest absolute Gasteiger partial charge is 0.193 e. The van der Waals surface area contributed by atoms with Gasteiger partial charge in [-0.2, -0.15) is 0 Å². The zero-order chi connectivity index (χ0) is 17.8. The second-order valence-corrected chi connectivity index (χ2v) is 7.20. The molecule has 0 bridgehead atoms. The fourth-order valence-corrected chi connectivity index (χ4v) is 3.11. The van der Waals surface area contributed by atoms with Crippen LogP contribution >= 0.6 is 24.0 Å². The number of aliphatic imine (C=N–C) groups is 1. The lowest BCUT2D eigenvalue weighted by atomic mass is 10.1. The highest BCUT2D eigenvalue weighted by molar-refractivity contribution is 14.0. The van der Waals surface area contributed by atoms with Gasteiger partial charge in [-0.1, -0.05) is 19.4 Å². The standard InChI is InChI=1S/C19H39N5.HI/c1-6-7-8-9-10-11-23(5)19(20-3)21-16-18(2)17-24-14-12-22(4)13-15-24;/h6,18H,1,7-17H2,2-5H3,(H,20,21);1H. The zero-order valence-corrected chi connectivity index (χ0v) is 19.2. The van der Waals surface area contributed by atoms with Crippen molar-refractivity contribution in [3.05, 3.63) is 12.7 Å². The summed E-state index contributed by atoms with van der Waals surface area (Å²) >= 11 is 0. The third kappa shape index (κ3) is 11.1. The van der Waals surface area contributed by atoms with Crippen molar-refractivity contribution in [2.24, 2.45) is 10.9 Å². The lowest BCUT2D eigenvalue weighted by Crippen LogP contribution is -2.47. The van der Waals surface area contributed by atoms with E-state index >= 15 is 0 Å². The van der Waals surface area contributed by atoms with Crippen LogP contribution in [0.3, 0.4) is 0 Å². The number of allylic oxidation sites excluding steroid dienone is 1.